The van der Waals surface area contributed by atoms with Gasteiger partial charge in [-0.05, 0) is 18.2 Å². The number of hydrogen-bond donors (Lipinski definition) is 5. The van der Waals surface area contributed by atoms with Crippen LogP contribution in [0.1, 0.15) is 5.56 Å². The molecular formula is C16H20N8O5S2. The Labute approximate surface area is 178 Å². The summed E-state index contributed by atoms with van der Waals surface area (Å²) in [5.41, 5.74) is 11.4. The van der Waals surface area contributed by atoms with E-state index in [-0.39, 0.29) is 41.7 Å². The van der Waals surface area contributed by atoms with E-state index in [2.05, 4.69) is 24.9 Å². The van der Waals surface area contributed by atoms with E-state index in [0.717, 1.165) is 6.07 Å². The zero-order valence-corrected chi connectivity index (χ0v) is 17.6. The Bertz CT molecular complexity index is 1270. The number of pyridine rings is 1. The quantitative estimate of drug-likeness (QED) is 0.313. The molecule has 1 aliphatic rings. The fraction of sp³-hybridized carbons (Fsp3) is 0.250. The Hall–Kier alpha value is -2.82. The van der Waals surface area contributed by atoms with Crippen molar-refractivity contribution < 1.29 is 21.9 Å². The predicted molar refractivity (Wildman–Crippen MR) is 112 cm³/mol. The lowest BCUT2D eigenvalue weighted by Crippen LogP contribution is -2.43. The summed E-state index contributed by atoms with van der Waals surface area (Å²) in [7, 11) is -9.11. The second-order valence-corrected chi connectivity index (χ2v) is 9.59. The van der Waals surface area contributed by atoms with Crippen LogP contribution in [0.5, 0.6) is 0 Å². The third-order valence-corrected chi connectivity index (χ3v) is 6.93. The zero-order chi connectivity index (χ0) is 22.8. The van der Waals surface area contributed by atoms with Crippen LogP contribution in [-0.2, 0) is 20.0 Å². The topological polar surface area (TPSA) is 229 Å². The molecule has 0 aliphatic carbocycles. The van der Waals surface area contributed by atoms with E-state index >= 15 is 0 Å². The Morgan fingerprint density at radius 3 is 2.45 bits per heavy atom. The number of hydrogen-bond acceptors (Lipinski definition) is 11. The van der Waals surface area contributed by atoms with Gasteiger partial charge in [0.2, 0.25) is 20.0 Å². The third kappa shape index (κ3) is 4.76. The molecule has 0 saturated heterocycles. The largest absolute Gasteiger partial charge is 0.395 e. The molecule has 1 atom stereocenters. The molecule has 0 fully saturated rings. The molecule has 0 saturated carbocycles. The maximum Gasteiger partial charge on any atom is 0.242 e. The van der Waals surface area contributed by atoms with Crippen molar-refractivity contribution in [2.45, 2.75) is 15.8 Å². The second kappa shape index (κ2) is 8.74. The Balaban J connectivity index is 2.38. The fourth-order valence-corrected chi connectivity index (χ4v) is 5.74. The lowest BCUT2D eigenvalue weighted by atomic mass is 10.0. The molecule has 15 heteroatoms. The van der Waals surface area contributed by atoms with Gasteiger partial charge in [-0.2, -0.15) is 5.11 Å². The molecule has 0 bridgehead atoms. The Kier molecular flexibility index (Phi) is 6.44. The molecule has 0 unspecified atom stereocenters. The maximum atomic E-state index is 13.0. The first-order chi connectivity index (χ1) is 14.6. The lowest BCUT2D eigenvalue weighted by molar-refractivity contribution is 0.259. The number of rotatable bonds is 8. The number of benzene rings is 1. The van der Waals surface area contributed by atoms with Crippen LogP contribution >= 0.6 is 0 Å². The smallest absolute Gasteiger partial charge is 0.242 e. The molecular weight excluding hydrogens is 448 g/mol. The van der Waals surface area contributed by atoms with Gasteiger partial charge in [-0.3, -0.25) is 0 Å². The first-order valence-electron chi connectivity index (χ1n) is 8.76. The molecule has 1 aromatic carbocycles. The third-order valence-electron chi connectivity index (χ3n) is 4.24. The van der Waals surface area contributed by atoms with Gasteiger partial charge in [0.15, 0.2) is 12.5 Å². The van der Waals surface area contributed by atoms with Crippen molar-refractivity contribution in [2.75, 3.05) is 25.6 Å². The molecule has 1 aromatic heterocycles. The number of aliphatic imine (C=N–C) groups is 1. The summed E-state index contributed by atoms with van der Waals surface area (Å²) in [5, 5.41) is 22.3. The Morgan fingerprint density at radius 2 is 1.90 bits per heavy atom. The number of aromatic nitrogens is 1. The van der Waals surface area contributed by atoms with Gasteiger partial charge in [0.05, 0.1) is 23.9 Å². The Morgan fingerprint density at radius 1 is 1.16 bits per heavy atom. The van der Waals surface area contributed by atoms with Crippen molar-refractivity contribution in [3.8, 4) is 11.3 Å². The average Bonchev–Trinajstić information content (AvgIpc) is 3.25. The minimum absolute atomic E-state index is 0.0713. The van der Waals surface area contributed by atoms with Gasteiger partial charge in [-0.1, -0.05) is 12.1 Å². The minimum Gasteiger partial charge on any atom is -0.395 e. The van der Waals surface area contributed by atoms with Crippen molar-refractivity contribution >= 4 is 31.7 Å². The summed E-state index contributed by atoms with van der Waals surface area (Å²) in [5.74, 6) is 0.0283. The second-order valence-electron chi connectivity index (χ2n) is 6.41. The number of aliphatic hydroxyl groups excluding tert-OH is 1. The molecule has 8 N–H and O–H groups in total. The van der Waals surface area contributed by atoms with Gasteiger partial charge in [0.1, 0.15) is 15.6 Å². The summed E-state index contributed by atoms with van der Waals surface area (Å²) >= 11 is 0. The molecule has 1 aliphatic heterocycles. The van der Waals surface area contributed by atoms with E-state index in [1.165, 1.54) is 12.1 Å². The molecule has 13 nitrogen and oxygen atoms in total. The number of anilines is 1. The first-order valence-corrected chi connectivity index (χ1v) is 11.8. The van der Waals surface area contributed by atoms with Gasteiger partial charge in [0.25, 0.3) is 0 Å². The van der Waals surface area contributed by atoms with Gasteiger partial charge in [0, 0.05) is 12.1 Å². The highest BCUT2D eigenvalue weighted by Gasteiger charge is 2.33. The maximum absolute atomic E-state index is 13.0. The van der Waals surface area contributed by atoms with E-state index in [1.807, 2.05) is 0 Å². The SMILES string of the molecule is NC[C@@H](CO)NS(=O)(=O)c1ccc(-c2cccc(N)n2)c(C2=NCN=N2)c1S(N)(=O)=O. The molecule has 3 rings (SSSR count). The first kappa shape index (κ1) is 22.9. The van der Waals surface area contributed by atoms with Crippen LogP contribution in [0.4, 0.5) is 5.82 Å². The number of nitrogens with one attached hydrogen (secondary N) is 1. The van der Waals surface area contributed by atoms with E-state index in [4.69, 9.17) is 16.6 Å². The van der Waals surface area contributed by atoms with Crippen molar-refractivity contribution in [1.82, 2.24) is 9.71 Å². The van der Waals surface area contributed by atoms with Crippen LogP contribution in [0.2, 0.25) is 0 Å². The highest BCUT2D eigenvalue weighted by molar-refractivity contribution is 7.92. The molecule has 0 amide bonds. The van der Waals surface area contributed by atoms with Gasteiger partial charge >= 0.3 is 0 Å². The molecule has 0 radical (unpaired) electrons. The van der Waals surface area contributed by atoms with E-state index in [1.54, 1.807) is 12.1 Å². The predicted octanol–water partition coefficient (Wildman–Crippen LogP) is -1.25. The molecule has 2 aromatic rings. The van der Waals surface area contributed by atoms with E-state index in [0.29, 0.717) is 0 Å². The summed E-state index contributed by atoms with van der Waals surface area (Å²) in [6.45, 7) is -0.892. The summed E-state index contributed by atoms with van der Waals surface area (Å²) in [4.78, 5) is 6.80. The molecule has 166 valence electrons. The number of azo groups is 1. The van der Waals surface area contributed by atoms with Crippen LogP contribution < -0.4 is 21.3 Å². The number of amidine groups is 1. The zero-order valence-electron chi connectivity index (χ0n) is 16.0. The number of sulfonamides is 2. The highest BCUT2D eigenvalue weighted by Crippen LogP contribution is 2.34. The monoisotopic (exact) mass is 468 g/mol. The number of aliphatic hydroxyl groups is 1. The van der Waals surface area contributed by atoms with Crippen molar-refractivity contribution in [2.24, 2.45) is 26.1 Å². The summed E-state index contributed by atoms with van der Waals surface area (Å²) < 4.78 is 53.3. The number of primary sulfonamides is 1. The van der Waals surface area contributed by atoms with Gasteiger partial charge < -0.3 is 16.6 Å². The van der Waals surface area contributed by atoms with E-state index < -0.39 is 42.5 Å². The van der Waals surface area contributed by atoms with Crippen LogP contribution in [0.15, 0.2) is 55.3 Å². The van der Waals surface area contributed by atoms with Crippen LogP contribution in [0, 0.1) is 0 Å². The normalized spacial score (nSPS) is 15.1. The molecule has 2 heterocycles. The molecule has 0 spiro atoms. The van der Waals surface area contributed by atoms with E-state index in [9.17, 15) is 21.9 Å². The summed E-state index contributed by atoms with van der Waals surface area (Å²) in [6, 6.07) is 6.03. The van der Waals surface area contributed by atoms with Gasteiger partial charge in [-0.15, -0.1) is 5.11 Å². The fourth-order valence-electron chi connectivity index (χ4n) is 2.90. The minimum atomic E-state index is -4.63. The van der Waals surface area contributed by atoms with Crippen molar-refractivity contribution in [1.29, 1.82) is 0 Å². The van der Waals surface area contributed by atoms with Gasteiger partial charge in [-0.25, -0.2) is 36.7 Å². The number of nitrogens with two attached hydrogens (primary N) is 3. The van der Waals surface area contributed by atoms with Crippen molar-refractivity contribution in [3.63, 3.8) is 0 Å². The van der Waals surface area contributed by atoms with Crippen molar-refractivity contribution in [3.05, 3.63) is 35.9 Å². The van der Waals surface area contributed by atoms with Crippen LogP contribution in [-0.4, -0.2) is 58.6 Å². The standard InChI is InChI=1S/C16H20N8O5S2/c17-6-9(7-25)24-31(28,29)12-5-4-10(11-2-1-3-13(18)22-11)14(15(12)30(19,26)27)16-20-8-21-23-16/h1-5,9,24-25H,6-8,17H2,(H2,18,22)(H2,19,26,27)/t9-/m0/s1. The lowest BCUT2D eigenvalue weighted by Gasteiger charge is -2.19. The van der Waals surface area contributed by atoms with Crippen LogP contribution in [0.3, 0.4) is 0 Å². The number of nitrogen functional groups attached to an aromatic ring is 1. The highest BCUT2D eigenvalue weighted by atomic mass is 32.2. The average molecular weight is 469 g/mol. The molecule has 31 heavy (non-hydrogen) atoms. The van der Waals surface area contributed by atoms with Crippen LogP contribution in [0.25, 0.3) is 11.3 Å². The number of nitrogens with zero attached hydrogens (tertiary/aromatic N) is 4. The summed E-state index contributed by atoms with van der Waals surface area (Å²) in [6.07, 6.45) is 0.